The maximum atomic E-state index is 11.8. The molecule has 1 saturated carbocycles. The zero-order valence-electron chi connectivity index (χ0n) is 15.0. The molecule has 1 aliphatic rings. The molecule has 0 spiro atoms. The molecule has 0 saturated heterocycles. The quantitative estimate of drug-likeness (QED) is 0.858. The minimum absolute atomic E-state index is 0.0566. The molecule has 5 heteroatoms. The molecule has 0 aliphatic heterocycles. The number of hydrogen-bond donors (Lipinski definition) is 1. The van der Waals surface area contributed by atoms with E-state index in [1.54, 1.807) is 12.3 Å². The highest BCUT2D eigenvalue weighted by Gasteiger charge is 2.17. The Hall–Kier alpha value is -2.30. The molecule has 1 heterocycles. The van der Waals surface area contributed by atoms with Crippen molar-refractivity contribution in [3.8, 4) is 11.6 Å². The van der Waals surface area contributed by atoms with Gasteiger partial charge in [0.2, 0.25) is 5.88 Å². The summed E-state index contributed by atoms with van der Waals surface area (Å²) in [5.41, 5.74) is 5.89. The molecule has 134 valence electrons. The SMILES string of the molecule is CC(C)Oc1cc2c(OCC3CCCCC3)nccc2cc1C(N)=O. The van der Waals surface area contributed by atoms with Crippen molar-refractivity contribution in [2.24, 2.45) is 11.7 Å². The number of primary amides is 1. The van der Waals surface area contributed by atoms with Crippen molar-refractivity contribution in [1.82, 2.24) is 4.98 Å². The second-order valence-corrected chi connectivity index (χ2v) is 7.03. The Balaban J connectivity index is 1.91. The van der Waals surface area contributed by atoms with Crippen LogP contribution in [-0.2, 0) is 0 Å². The summed E-state index contributed by atoms with van der Waals surface area (Å²) in [5, 5.41) is 1.72. The number of amides is 1. The van der Waals surface area contributed by atoms with Gasteiger partial charge in [0.05, 0.1) is 18.3 Å². The lowest BCUT2D eigenvalue weighted by atomic mass is 9.90. The third-order valence-electron chi connectivity index (χ3n) is 4.64. The summed E-state index contributed by atoms with van der Waals surface area (Å²) in [4.78, 5) is 16.2. The summed E-state index contributed by atoms with van der Waals surface area (Å²) in [7, 11) is 0. The highest BCUT2D eigenvalue weighted by molar-refractivity contribution is 6.01. The molecule has 0 unspecified atom stereocenters. The van der Waals surface area contributed by atoms with Gasteiger partial charge in [0.15, 0.2) is 0 Å². The normalized spacial score (nSPS) is 15.5. The highest BCUT2D eigenvalue weighted by Crippen LogP contribution is 2.32. The van der Waals surface area contributed by atoms with Crippen molar-refractivity contribution in [2.45, 2.75) is 52.1 Å². The molecule has 1 aliphatic carbocycles. The molecule has 0 bridgehead atoms. The van der Waals surface area contributed by atoms with Crippen molar-refractivity contribution in [3.63, 3.8) is 0 Å². The molecule has 3 rings (SSSR count). The van der Waals surface area contributed by atoms with Gasteiger partial charge in [0.25, 0.3) is 5.91 Å². The first-order valence-corrected chi connectivity index (χ1v) is 9.06. The van der Waals surface area contributed by atoms with Crippen LogP contribution in [0.15, 0.2) is 24.4 Å². The topological polar surface area (TPSA) is 74.4 Å². The minimum Gasteiger partial charge on any atom is -0.490 e. The molecule has 0 atom stereocenters. The van der Waals surface area contributed by atoms with Gasteiger partial charge in [-0.15, -0.1) is 0 Å². The molecule has 1 amide bonds. The van der Waals surface area contributed by atoms with Crippen LogP contribution in [0.2, 0.25) is 0 Å². The van der Waals surface area contributed by atoms with E-state index in [2.05, 4.69) is 4.98 Å². The largest absolute Gasteiger partial charge is 0.490 e. The van der Waals surface area contributed by atoms with E-state index in [0.717, 1.165) is 10.8 Å². The summed E-state index contributed by atoms with van der Waals surface area (Å²) < 4.78 is 11.8. The fraction of sp³-hybridized carbons (Fsp3) is 0.500. The zero-order chi connectivity index (χ0) is 17.8. The number of fused-ring (bicyclic) bond motifs is 1. The first-order valence-electron chi connectivity index (χ1n) is 9.06. The van der Waals surface area contributed by atoms with E-state index in [0.29, 0.717) is 29.7 Å². The number of carbonyl (C=O) groups is 1. The average Bonchev–Trinajstić information content (AvgIpc) is 2.59. The Morgan fingerprint density at radius 3 is 2.72 bits per heavy atom. The van der Waals surface area contributed by atoms with Crippen LogP contribution in [0.1, 0.15) is 56.3 Å². The first-order chi connectivity index (χ1) is 12.0. The van der Waals surface area contributed by atoms with Gasteiger partial charge in [-0.2, -0.15) is 0 Å². The van der Waals surface area contributed by atoms with E-state index in [4.69, 9.17) is 15.2 Å². The molecule has 1 aromatic heterocycles. The van der Waals surface area contributed by atoms with Crippen LogP contribution in [0.5, 0.6) is 11.6 Å². The average molecular weight is 342 g/mol. The maximum Gasteiger partial charge on any atom is 0.252 e. The molecule has 0 radical (unpaired) electrons. The van der Waals surface area contributed by atoms with Gasteiger partial charge in [-0.3, -0.25) is 4.79 Å². The molecule has 1 fully saturated rings. The van der Waals surface area contributed by atoms with E-state index in [9.17, 15) is 4.79 Å². The summed E-state index contributed by atoms with van der Waals surface area (Å²) in [5.74, 6) is 1.17. The zero-order valence-corrected chi connectivity index (χ0v) is 15.0. The number of carbonyl (C=O) groups excluding carboxylic acids is 1. The minimum atomic E-state index is -0.501. The Labute approximate surface area is 148 Å². The van der Waals surface area contributed by atoms with Gasteiger partial charge in [-0.05, 0) is 56.2 Å². The van der Waals surface area contributed by atoms with Gasteiger partial charge >= 0.3 is 0 Å². The Bertz CT molecular complexity index is 752. The summed E-state index contributed by atoms with van der Waals surface area (Å²) >= 11 is 0. The van der Waals surface area contributed by atoms with E-state index >= 15 is 0 Å². The van der Waals surface area contributed by atoms with Crippen LogP contribution in [0.25, 0.3) is 10.8 Å². The summed E-state index contributed by atoms with van der Waals surface area (Å²) in [6.45, 7) is 4.52. The van der Waals surface area contributed by atoms with Gasteiger partial charge < -0.3 is 15.2 Å². The molecule has 5 nitrogen and oxygen atoms in total. The molecule has 25 heavy (non-hydrogen) atoms. The number of rotatable bonds is 6. The second kappa shape index (κ2) is 7.72. The third-order valence-corrected chi connectivity index (χ3v) is 4.64. The lowest BCUT2D eigenvalue weighted by molar-refractivity contribution is 0.0994. The second-order valence-electron chi connectivity index (χ2n) is 7.03. The van der Waals surface area contributed by atoms with Crippen molar-refractivity contribution in [1.29, 1.82) is 0 Å². The summed E-state index contributed by atoms with van der Waals surface area (Å²) in [6, 6.07) is 5.43. The molecule has 2 N–H and O–H groups in total. The van der Waals surface area contributed by atoms with Gasteiger partial charge in [-0.1, -0.05) is 19.3 Å². The smallest absolute Gasteiger partial charge is 0.252 e. The number of nitrogens with two attached hydrogens (primary N) is 1. The van der Waals surface area contributed by atoms with Crippen molar-refractivity contribution in [2.75, 3.05) is 6.61 Å². The third kappa shape index (κ3) is 4.21. The molecular weight excluding hydrogens is 316 g/mol. The van der Waals surface area contributed by atoms with Crippen molar-refractivity contribution < 1.29 is 14.3 Å². The number of benzene rings is 1. The van der Waals surface area contributed by atoms with E-state index in [1.807, 2.05) is 26.0 Å². The Kier molecular flexibility index (Phi) is 5.41. The summed E-state index contributed by atoms with van der Waals surface area (Å²) in [6.07, 6.45) is 7.98. The Morgan fingerprint density at radius 2 is 2.04 bits per heavy atom. The number of aromatic nitrogens is 1. The predicted octanol–water partition coefficient (Wildman–Crippen LogP) is 4.08. The number of hydrogen-bond acceptors (Lipinski definition) is 4. The van der Waals surface area contributed by atoms with Gasteiger partial charge in [0.1, 0.15) is 5.75 Å². The van der Waals surface area contributed by atoms with Crippen LogP contribution >= 0.6 is 0 Å². The Morgan fingerprint density at radius 1 is 1.28 bits per heavy atom. The fourth-order valence-corrected chi connectivity index (χ4v) is 3.38. The maximum absolute atomic E-state index is 11.8. The number of ether oxygens (including phenoxy) is 2. The van der Waals surface area contributed by atoms with E-state index in [-0.39, 0.29) is 6.10 Å². The van der Waals surface area contributed by atoms with Crippen LogP contribution < -0.4 is 15.2 Å². The van der Waals surface area contributed by atoms with E-state index in [1.165, 1.54) is 32.1 Å². The predicted molar refractivity (Wildman–Crippen MR) is 98.1 cm³/mol. The lowest BCUT2D eigenvalue weighted by Gasteiger charge is -2.22. The van der Waals surface area contributed by atoms with Gasteiger partial charge in [0, 0.05) is 11.6 Å². The number of pyridine rings is 1. The number of nitrogens with zero attached hydrogens (tertiary/aromatic N) is 1. The molecule has 1 aromatic carbocycles. The van der Waals surface area contributed by atoms with Gasteiger partial charge in [-0.25, -0.2) is 4.98 Å². The monoisotopic (exact) mass is 342 g/mol. The lowest BCUT2D eigenvalue weighted by Crippen LogP contribution is -2.16. The van der Waals surface area contributed by atoms with Crippen molar-refractivity contribution >= 4 is 16.7 Å². The first kappa shape index (κ1) is 17.5. The fourth-order valence-electron chi connectivity index (χ4n) is 3.38. The van der Waals surface area contributed by atoms with Crippen LogP contribution in [0, 0.1) is 5.92 Å². The van der Waals surface area contributed by atoms with Crippen LogP contribution in [0.4, 0.5) is 0 Å². The van der Waals surface area contributed by atoms with Crippen LogP contribution in [-0.4, -0.2) is 23.6 Å². The van der Waals surface area contributed by atoms with Crippen molar-refractivity contribution in [3.05, 3.63) is 30.0 Å². The highest BCUT2D eigenvalue weighted by atomic mass is 16.5. The molecular formula is C20H26N2O3. The van der Waals surface area contributed by atoms with E-state index < -0.39 is 5.91 Å². The standard InChI is InChI=1S/C20H26N2O3/c1-13(2)25-18-11-16-15(10-17(18)19(21)23)8-9-22-20(16)24-12-14-6-4-3-5-7-14/h8-11,13-14H,3-7,12H2,1-2H3,(H2,21,23). The van der Waals surface area contributed by atoms with Crippen LogP contribution in [0.3, 0.4) is 0 Å². The molecule has 2 aromatic rings.